The Morgan fingerprint density at radius 3 is 2.37 bits per heavy atom. The molecule has 1 fully saturated rings. The van der Waals surface area contributed by atoms with E-state index in [1.54, 1.807) is 38.3 Å². The number of anilines is 1. The first kappa shape index (κ1) is 24.4. The van der Waals surface area contributed by atoms with Crippen molar-refractivity contribution in [3.05, 3.63) is 65.0 Å². The monoisotopic (exact) mass is 492 g/mol. The zero-order chi connectivity index (χ0) is 25.4. The normalized spacial score (nSPS) is 17.9. The molecule has 0 radical (unpaired) electrons. The molecule has 1 saturated heterocycles. The molecule has 2 aromatic carbocycles. The van der Waals surface area contributed by atoms with Gasteiger partial charge in [0.05, 0.1) is 12.8 Å². The van der Waals surface area contributed by atoms with E-state index in [0.717, 1.165) is 16.2 Å². The van der Waals surface area contributed by atoms with Crippen molar-refractivity contribution < 1.29 is 19.1 Å². The van der Waals surface area contributed by atoms with Crippen molar-refractivity contribution in [3.8, 4) is 17.0 Å². The number of hydrogen-bond acceptors (Lipinski definition) is 6. The van der Waals surface area contributed by atoms with E-state index in [-0.39, 0.29) is 5.41 Å². The van der Waals surface area contributed by atoms with Crippen LogP contribution in [0.5, 0.6) is 5.75 Å². The Kier molecular flexibility index (Phi) is 6.38. The molecule has 8 nitrogen and oxygen atoms in total. The minimum absolute atomic E-state index is 0.0580. The predicted octanol–water partition coefficient (Wildman–Crippen LogP) is 4.52. The Balaban J connectivity index is 1.42. The summed E-state index contributed by atoms with van der Waals surface area (Å²) in [7, 11) is 1.55. The molecule has 0 saturated carbocycles. The van der Waals surface area contributed by atoms with Gasteiger partial charge in [-0.3, -0.25) is 14.5 Å². The zero-order valence-corrected chi connectivity index (χ0v) is 21.2. The summed E-state index contributed by atoms with van der Waals surface area (Å²) in [6.45, 7) is 7.67. The zero-order valence-electron chi connectivity index (χ0n) is 20.3. The van der Waals surface area contributed by atoms with Gasteiger partial charge in [-0.15, -0.1) is 11.3 Å². The number of methoxy groups -OCH3 is 1. The summed E-state index contributed by atoms with van der Waals surface area (Å²) in [5, 5.41) is 7.65. The van der Waals surface area contributed by atoms with Gasteiger partial charge in [-0.1, -0.05) is 57.2 Å². The van der Waals surface area contributed by atoms with Gasteiger partial charge in [0.25, 0.3) is 5.91 Å². The van der Waals surface area contributed by atoms with Gasteiger partial charge in [-0.2, -0.15) is 0 Å². The van der Waals surface area contributed by atoms with E-state index in [1.165, 1.54) is 16.9 Å². The van der Waals surface area contributed by atoms with Crippen LogP contribution in [0.15, 0.2) is 53.9 Å². The largest absolute Gasteiger partial charge is 0.497 e. The van der Waals surface area contributed by atoms with Crippen LogP contribution in [0, 0.1) is 0 Å². The standard InChI is InChI=1S/C26H28N4O4S/c1-25(2,3)17-8-6-16(7-9-17)20-15-35-23(27-20)28-21(31)14-30-22(32)26(4,29-24(30)33)18-10-12-19(34-5)13-11-18/h6-13,15H,14H2,1-5H3,(H,29,33)(H,27,28,31). The van der Waals surface area contributed by atoms with Crippen molar-refractivity contribution in [2.24, 2.45) is 0 Å². The number of aromatic nitrogens is 1. The molecule has 2 N–H and O–H groups in total. The van der Waals surface area contributed by atoms with E-state index < -0.39 is 29.9 Å². The molecule has 4 rings (SSSR count). The molecule has 9 heteroatoms. The van der Waals surface area contributed by atoms with Gasteiger partial charge in [0.2, 0.25) is 5.91 Å². The highest BCUT2D eigenvalue weighted by Gasteiger charge is 2.49. The number of nitrogens with one attached hydrogen (secondary N) is 2. The fraction of sp³-hybridized carbons (Fsp3) is 0.308. The van der Waals surface area contributed by atoms with E-state index in [2.05, 4.69) is 48.5 Å². The van der Waals surface area contributed by atoms with Crippen LogP contribution in [0.25, 0.3) is 11.3 Å². The molecule has 4 amide bonds. The third-order valence-electron chi connectivity index (χ3n) is 6.04. The summed E-state index contributed by atoms with van der Waals surface area (Å²) < 4.78 is 5.15. The Bertz CT molecular complexity index is 1260. The molecule has 3 aromatic rings. The van der Waals surface area contributed by atoms with Gasteiger partial charge < -0.3 is 15.4 Å². The van der Waals surface area contributed by atoms with Crippen LogP contribution in [0.2, 0.25) is 0 Å². The van der Waals surface area contributed by atoms with Crippen LogP contribution in [0.1, 0.15) is 38.8 Å². The van der Waals surface area contributed by atoms with Gasteiger partial charge in [0.15, 0.2) is 5.13 Å². The summed E-state index contributed by atoms with van der Waals surface area (Å²) in [6, 6.07) is 14.4. The molecule has 35 heavy (non-hydrogen) atoms. The number of amides is 4. The third-order valence-corrected chi connectivity index (χ3v) is 6.80. The highest BCUT2D eigenvalue weighted by atomic mass is 32.1. The summed E-state index contributed by atoms with van der Waals surface area (Å²) in [5.41, 5.74) is 2.30. The van der Waals surface area contributed by atoms with E-state index in [9.17, 15) is 14.4 Å². The number of hydrogen-bond donors (Lipinski definition) is 2. The maximum absolute atomic E-state index is 13.1. The molecule has 2 heterocycles. The number of urea groups is 1. The molecule has 1 aliphatic heterocycles. The van der Waals surface area contributed by atoms with Crippen LogP contribution in [-0.4, -0.2) is 41.4 Å². The lowest BCUT2D eigenvalue weighted by Gasteiger charge is -2.22. The minimum Gasteiger partial charge on any atom is -0.497 e. The van der Waals surface area contributed by atoms with Crippen molar-refractivity contribution in [1.82, 2.24) is 15.2 Å². The first-order valence-corrected chi connectivity index (χ1v) is 12.0. The van der Waals surface area contributed by atoms with Gasteiger partial charge in [-0.05, 0) is 35.6 Å². The van der Waals surface area contributed by atoms with E-state index >= 15 is 0 Å². The summed E-state index contributed by atoms with van der Waals surface area (Å²) >= 11 is 1.28. The average molecular weight is 493 g/mol. The summed E-state index contributed by atoms with van der Waals surface area (Å²) in [5.74, 6) is -0.364. The van der Waals surface area contributed by atoms with Crippen molar-refractivity contribution >= 4 is 34.3 Å². The Morgan fingerprint density at radius 2 is 1.77 bits per heavy atom. The number of rotatable bonds is 6. The minimum atomic E-state index is -1.27. The lowest BCUT2D eigenvalue weighted by molar-refractivity contribution is -0.133. The molecular weight excluding hydrogens is 464 g/mol. The van der Waals surface area contributed by atoms with Gasteiger partial charge in [0, 0.05) is 10.9 Å². The van der Waals surface area contributed by atoms with Crippen molar-refractivity contribution in [2.75, 3.05) is 19.0 Å². The number of thiazole rings is 1. The Hall–Kier alpha value is -3.72. The fourth-order valence-corrected chi connectivity index (χ4v) is 4.60. The van der Waals surface area contributed by atoms with Crippen molar-refractivity contribution in [1.29, 1.82) is 0 Å². The number of imide groups is 1. The third kappa shape index (κ3) is 4.90. The van der Waals surface area contributed by atoms with Gasteiger partial charge in [-0.25, -0.2) is 9.78 Å². The maximum atomic E-state index is 13.1. The summed E-state index contributed by atoms with van der Waals surface area (Å²) in [4.78, 5) is 43.7. The maximum Gasteiger partial charge on any atom is 0.325 e. The average Bonchev–Trinajstić information content (AvgIpc) is 3.37. The smallest absolute Gasteiger partial charge is 0.325 e. The number of benzene rings is 2. The molecule has 1 aliphatic rings. The highest BCUT2D eigenvalue weighted by molar-refractivity contribution is 7.14. The van der Waals surface area contributed by atoms with E-state index in [4.69, 9.17) is 4.74 Å². The second-order valence-electron chi connectivity index (χ2n) is 9.59. The topological polar surface area (TPSA) is 101 Å². The predicted molar refractivity (Wildman–Crippen MR) is 135 cm³/mol. The molecular formula is C26H28N4O4S. The van der Waals surface area contributed by atoms with Crippen LogP contribution in [0.3, 0.4) is 0 Å². The Labute approximate surface area is 208 Å². The molecule has 182 valence electrons. The molecule has 1 atom stereocenters. The first-order chi connectivity index (χ1) is 16.5. The second kappa shape index (κ2) is 9.14. The highest BCUT2D eigenvalue weighted by Crippen LogP contribution is 2.31. The van der Waals surface area contributed by atoms with Crippen LogP contribution in [0.4, 0.5) is 9.93 Å². The van der Waals surface area contributed by atoms with Crippen LogP contribution >= 0.6 is 11.3 Å². The molecule has 0 aliphatic carbocycles. The SMILES string of the molecule is COc1ccc(C2(C)NC(=O)N(CC(=O)Nc3nc(-c4ccc(C(C)(C)C)cc4)cs3)C2=O)cc1. The van der Waals surface area contributed by atoms with Crippen molar-refractivity contribution in [2.45, 2.75) is 38.6 Å². The number of ether oxygens (including phenoxy) is 1. The Morgan fingerprint density at radius 1 is 1.11 bits per heavy atom. The van der Waals surface area contributed by atoms with Crippen LogP contribution in [-0.2, 0) is 20.5 Å². The van der Waals surface area contributed by atoms with E-state index in [0.29, 0.717) is 16.4 Å². The lowest BCUT2D eigenvalue weighted by Crippen LogP contribution is -2.42. The molecule has 1 aromatic heterocycles. The van der Waals surface area contributed by atoms with Gasteiger partial charge in [0.1, 0.15) is 17.8 Å². The lowest BCUT2D eigenvalue weighted by atomic mass is 9.86. The number of nitrogens with zero attached hydrogens (tertiary/aromatic N) is 2. The number of carbonyl (C=O) groups excluding carboxylic acids is 3. The molecule has 1 unspecified atom stereocenters. The van der Waals surface area contributed by atoms with E-state index in [1.807, 2.05) is 17.5 Å². The van der Waals surface area contributed by atoms with Crippen molar-refractivity contribution in [3.63, 3.8) is 0 Å². The quantitative estimate of drug-likeness (QED) is 0.493. The molecule has 0 bridgehead atoms. The molecule has 0 spiro atoms. The summed E-state index contributed by atoms with van der Waals surface area (Å²) in [6.07, 6.45) is 0. The fourth-order valence-electron chi connectivity index (χ4n) is 3.87. The first-order valence-electron chi connectivity index (χ1n) is 11.2. The van der Waals surface area contributed by atoms with Crippen LogP contribution < -0.4 is 15.4 Å². The second-order valence-corrected chi connectivity index (χ2v) is 10.4. The van der Waals surface area contributed by atoms with Gasteiger partial charge >= 0.3 is 6.03 Å². The number of carbonyl (C=O) groups is 3.